The molecule has 0 amide bonds. The second-order valence-electron chi connectivity index (χ2n) is 12.2. The molecule has 14 nitrogen and oxygen atoms in total. The highest BCUT2D eigenvalue weighted by Gasteiger charge is 2.29. The van der Waals surface area contributed by atoms with Gasteiger partial charge in [0.2, 0.25) is 5.95 Å². The van der Waals surface area contributed by atoms with Gasteiger partial charge in [-0.3, -0.25) is 14.3 Å². The third-order valence-corrected chi connectivity index (χ3v) is 9.13. The molecule has 0 unspecified atom stereocenters. The van der Waals surface area contributed by atoms with Crippen LogP contribution in [0, 0.1) is 0 Å². The average Bonchev–Trinajstić information content (AvgIpc) is 3.91. The van der Waals surface area contributed by atoms with Crippen LogP contribution in [-0.2, 0) is 17.8 Å². The number of hydrogen-bond acceptors (Lipinski definition) is 11. The zero-order valence-corrected chi connectivity index (χ0v) is 27.7. The number of benzene rings is 1. The Balaban J connectivity index is 1.03. The first-order valence-corrected chi connectivity index (χ1v) is 16.8. The fourth-order valence-corrected chi connectivity index (χ4v) is 6.50. The van der Waals surface area contributed by atoms with Crippen LogP contribution >= 0.6 is 11.6 Å². The van der Waals surface area contributed by atoms with E-state index in [1.54, 1.807) is 29.6 Å². The maximum Gasteiger partial charge on any atom is 0.257 e. The molecule has 48 heavy (non-hydrogen) atoms. The summed E-state index contributed by atoms with van der Waals surface area (Å²) in [6, 6.07) is 8.45. The van der Waals surface area contributed by atoms with E-state index in [9.17, 15) is 0 Å². The Labute approximate surface area is 284 Å². The van der Waals surface area contributed by atoms with Gasteiger partial charge < -0.3 is 19.5 Å². The van der Waals surface area contributed by atoms with Gasteiger partial charge in [-0.05, 0) is 56.4 Å². The third kappa shape index (κ3) is 7.94. The predicted octanol–water partition coefficient (Wildman–Crippen LogP) is 4.89. The molecule has 4 aromatic heterocycles. The fourth-order valence-electron chi connectivity index (χ4n) is 6.33. The maximum atomic E-state index is 6.47. The van der Waals surface area contributed by atoms with E-state index in [0.29, 0.717) is 54.4 Å². The van der Waals surface area contributed by atoms with Gasteiger partial charge in [-0.25, -0.2) is 19.6 Å². The van der Waals surface area contributed by atoms with Crippen LogP contribution < -0.4 is 14.8 Å². The molecule has 1 aliphatic heterocycles. The zero-order valence-electron chi connectivity index (χ0n) is 26.9. The Morgan fingerprint density at radius 1 is 1.02 bits per heavy atom. The molecule has 1 N–H and O–H groups in total. The third-order valence-electron chi connectivity index (χ3n) is 8.82. The molecule has 0 radical (unpaired) electrons. The van der Waals surface area contributed by atoms with Gasteiger partial charge in [-0.1, -0.05) is 17.7 Å². The van der Waals surface area contributed by atoms with Crippen molar-refractivity contribution in [3.05, 3.63) is 72.9 Å². The zero-order chi connectivity index (χ0) is 32.7. The first kappa shape index (κ1) is 32.0. The fraction of sp³-hybridized carbons (Fsp3) is 0.455. The number of nitrogens with zero attached hydrogens (tertiary/aromatic N) is 10. The molecular formula is C33H40ClN11O3. The molecule has 5 aromatic rings. The lowest BCUT2D eigenvalue weighted by Crippen LogP contribution is -2.45. The van der Waals surface area contributed by atoms with Crippen LogP contribution in [0.5, 0.6) is 11.6 Å². The SMILES string of the molecule is C[C@@H](Cn1cncn1)Oc1cc(-c2cnc(Nc3cn(C4CCC(N5CCOCC5)CC4)nc3OCCn3cccn3)nc2)ccc1Cl. The molecule has 2 fully saturated rings. The number of anilines is 2. The van der Waals surface area contributed by atoms with Crippen LogP contribution in [0.3, 0.4) is 0 Å². The molecule has 2 aliphatic rings. The standard InChI is InChI=1S/C33H40ClN11O3/c1-24(20-44-23-35-22-39-44)48-31-17-25(3-8-29(31)34)26-18-36-33(37-19-26)40-30-21-45(41-32(30)47-16-13-43-10-2-9-38-43)28-6-4-27(5-7-28)42-11-14-46-15-12-42/h2-3,8-10,17-19,21-24,27-28H,4-7,11-16,20H2,1H3,(H,36,37,40)/t24-,27?,28?/m0/s1. The van der Waals surface area contributed by atoms with Gasteiger partial charge in [0, 0.05) is 49.5 Å². The van der Waals surface area contributed by atoms with Gasteiger partial charge in [-0.15, -0.1) is 5.10 Å². The van der Waals surface area contributed by atoms with E-state index in [4.69, 9.17) is 30.9 Å². The monoisotopic (exact) mass is 673 g/mol. The lowest BCUT2D eigenvalue weighted by atomic mass is 9.90. The molecule has 0 bridgehead atoms. The number of morpholine rings is 1. The largest absolute Gasteiger partial charge is 0.487 e. The predicted molar refractivity (Wildman–Crippen MR) is 180 cm³/mol. The minimum Gasteiger partial charge on any atom is -0.487 e. The second-order valence-corrected chi connectivity index (χ2v) is 12.6. The van der Waals surface area contributed by atoms with Gasteiger partial charge in [0.25, 0.3) is 5.88 Å². The van der Waals surface area contributed by atoms with E-state index < -0.39 is 0 Å². The number of halogens is 1. The summed E-state index contributed by atoms with van der Waals surface area (Å²) >= 11 is 6.47. The number of nitrogens with one attached hydrogen (secondary N) is 1. The number of ether oxygens (including phenoxy) is 3. The summed E-state index contributed by atoms with van der Waals surface area (Å²) in [5.74, 6) is 1.54. The van der Waals surface area contributed by atoms with Crippen LogP contribution in [0.2, 0.25) is 5.02 Å². The van der Waals surface area contributed by atoms with Crippen molar-refractivity contribution in [2.75, 3.05) is 38.2 Å². The van der Waals surface area contributed by atoms with Crippen molar-refractivity contribution in [3.63, 3.8) is 0 Å². The summed E-state index contributed by atoms with van der Waals surface area (Å²) in [6.07, 6.45) is 16.6. The number of aromatic nitrogens is 9. The summed E-state index contributed by atoms with van der Waals surface area (Å²) in [5.41, 5.74) is 2.44. The van der Waals surface area contributed by atoms with Crippen LogP contribution in [0.1, 0.15) is 38.6 Å². The molecule has 1 saturated heterocycles. The highest BCUT2D eigenvalue weighted by Crippen LogP contribution is 2.35. The van der Waals surface area contributed by atoms with Crippen molar-refractivity contribution >= 4 is 23.2 Å². The highest BCUT2D eigenvalue weighted by atomic mass is 35.5. The van der Waals surface area contributed by atoms with Crippen LogP contribution in [0.15, 0.2) is 67.9 Å². The van der Waals surface area contributed by atoms with Crippen molar-refractivity contribution in [2.24, 2.45) is 0 Å². The molecule has 1 saturated carbocycles. The van der Waals surface area contributed by atoms with E-state index >= 15 is 0 Å². The Kier molecular flexibility index (Phi) is 10.1. The van der Waals surface area contributed by atoms with Gasteiger partial charge >= 0.3 is 0 Å². The van der Waals surface area contributed by atoms with Crippen molar-refractivity contribution in [1.29, 1.82) is 0 Å². The molecule has 1 atom stereocenters. The van der Waals surface area contributed by atoms with Crippen LogP contribution in [0.25, 0.3) is 11.1 Å². The van der Waals surface area contributed by atoms with Gasteiger partial charge in [0.15, 0.2) is 0 Å². The summed E-state index contributed by atoms with van der Waals surface area (Å²) in [6.45, 7) is 7.25. The highest BCUT2D eigenvalue weighted by molar-refractivity contribution is 6.32. The quantitative estimate of drug-likeness (QED) is 0.183. The Hall–Kier alpha value is -4.53. The van der Waals surface area contributed by atoms with E-state index in [1.165, 1.54) is 6.33 Å². The van der Waals surface area contributed by atoms with Crippen LogP contribution in [0.4, 0.5) is 11.6 Å². The van der Waals surface area contributed by atoms with Crippen LogP contribution in [-0.4, -0.2) is 94.2 Å². The van der Waals surface area contributed by atoms with E-state index in [1.807, 2.05) is 48.3 Å². The summed E-state index contributed by atoms with van der Waals surface area (Å²) < 4.78 is 23.5. The van der Waals surface area contributed by atoms with E-state index in [2.05, 4.69) is 40.0 Å². The Morgan fingerprint density at radius 2 is 1.83 bits per heavy atom. The van der Waals surface area contributed by atoms with Crippen molar-refractivity contribution < 1.29 is 14.2 Å². The molecule has 5 heterocycles. The minimum absolute atomic E-state index is 0.168. The Morgan fingerprint density at radius 3 is 2.58 bits per heavy atom. The first-order valence-electron chi connectivity index (χ1n) is 16.5. The van der Waals surface area contributed by atoms with Crippen molar-refractivity contribution in [3.8, 4) is 22.8 Å². The maximum absolute atomic E-state index is 6.47. The van der Waals surface area contributed by atoms with Gasteiger partial charge in [0.05, 0.1) is 43.6 Å². The Bertz CT molecular complexity index is 1720. The lowest BCUT2D eigenvalue weighted by molar-refractivity contribution is 0.00503. The van der Waals surface area contributed by atoms with Crippen molar-refractivity contribution in [2.45, 2.75) is 63.9 Å². The summed E-state index contributed by atoms with van der Waals surface area (Å²) in [5, 5.41) is 17.2. The molecule has 252 valence electrons. The first-order chi connectivity index (χ1) is 23.6. The normalized spacial score (nSPS) is 19.2. The number of rotatable bonds is 13. The minimum atomic E-state index is -0.168. The van der Waals surface area contributed by atoms with E-state index in [0.717, 1.165) is 68.8 Å². The number of hydrogen-bond donors (Lipinski definition) is 1. The second kappa shape index (κ2) is 15.1. The lowest BCUT2D eigenvalue weighted by Gasteiger charge is -2.38. The smallest absolute Gasteiger partial charge is 0.257 e. The van der Waals surface area contributed by atoms with Crippen molar-refractivity contribution in [1.82, 2.24) is 49.2 Å². The molecule has 0 spiro atoms. The molecular weight excluding hydrogens is 634 g/mol. The van der Waals surface area contributed by atoms with Gasteiger partial charge in [0.1, 0.15) is 36.8 Å². The summed E-state index contributed by atoms with van der Waals surface area (Å²) in [4.78, 5) is 15.8. The molecule has 7 rings (SSSR count). The average molecular weight is 674 g/mol. The van der Waals surface area contributed by atoms with E-state index in [-0.39, 0.29) is 6.10 Å². The molecule has 1 aromatic carbocycles. The summed E-state index contributed by atoms with van der Waals surface area (Å²) in [7, 11) is 0. The molecule has 15 heteroatoms. The topological polar surface area (TPSA) is 135 Å². The van der Waals surface area contributed by atoms with Gasteiger partial charge in [-0.2, -0.15) is 10.2 Å². The molecule has 1 aliphatic carbocycles.